The summed E-state index contributed by atoms with van der Waals surface area (Å²) in [6.07, 6.45) is 2.63. The molecule has 3 amide bonds. The molecule has 0 fully saturated rings. The van der Waals surface area contributed by atoms with Crippen LogP contribution in [0.5, 0.6) is 0 Å². The molecule has 7 heteroatoms. The van der Waals surface area contributed by atoms with Gasteiger partial charge in [-0.2, -0.15) is 5.26 Å². The molecule has 146 valence electrons. The lowest BCUT2D eigenvalue weighted by molar-refractivity contribution is -0.112. The van der Waals surface area contributed by atoms with Crippen LogP contribution in [-0.2, 0) is 11.3 Å². The first kappa shape index (κ1) is 20.8. The van der Waals surface area contributed by atoms with Crippen LogP contribution in [0.4, 0.5) is 16.2 Å². The maximum Gasteiger partial charge on any atom is 0.318 e. The van der Waals surface area contributed by atoms with Crippen molar-refractivity contribution in [1.82, 2.24) is 9.88 Å². The molecule has 0 aliphatic rings. The zero-order chi connectivity index (χ0) is 20.7. The van der Waals surface area contributed by atoms with Gasteiger partial charge in [-0.05, 0) is 62.2 Å². The topological polar surface area (TPSA) is 98.9 Å². The summed E-state index contributed by atoms with van der Waals surface area (Å²) in [5.74, 6) is -0.477. The number of carbonyl (C=O) groups is 2. The highest BCUT2D eigenvalue weighted by Gasteiger charge is 2.13. The van der Waals surface area contributed by atoms with Crippen molar-refractivity contribution in [2.45, 2.75) is 33.7 Å². The Labute approximate surface area is 165 Å². The van der Waals surface area contributed by atoms with Gasteiger partial charge in [-0.25, -0.2) is 4.79 Å². The highest BCUT2D eigenvalue weighted by atomic mass is 16.2. The quantitative estimate of drug-likeness (QED) is 0.526. The van der Waals surface area contributed by atoms with E-state index in [0.29, 0.717) is 11.4 Å². The SMILES string of the molecule is CCCn1c(C)cc(/C=C(\C#N)C(=O)Nc2ccc(NC(=O)NC)cc2)c1C. The summed E-state index contributed by atoms with van der Waals surface area (Å²) >= 11 is 0. The van der Waals surface area contributed by atoms with Crippen molar-refractivity contribution in [1.29, 1.82) is 5.26 Å². The van der Waals surface area contributed by atoms with E-state index in [1.54, 1.807) is 30.3 Å². The van der Waals surface area contributed by atoms with Crippen molar-refractivity contribution in [2.75, 3.05) is 17.7 Å². The van der Waals surface area contributed by atoms with E-state index in [1.165, 1.54) is 7.05 Å². The molecule has 0 atom stereocenters. The molecule has 2 rings (SSSR count). The lowest BCUT2D eigenvalue weighted by Crippen LogP contribution is -2.24. The summed E-state index contributed by atoms with van der Waals surface area (Å²) in [7, 11) is 1.53. The number of aromatic nitrogens is 1. The van der Waals surface area contributed by atoms with Crippen LogP contribution in [0.1, 0.15) is 30.3 Å². The van der Waals surface area contributed by atoms with Crippen molar-refractivity contribution in [3.8, 4) is 6.07 Å². The van der Waals surface area contributed by atoms with Crippen molar-refractivity contribution in [2.24, 2.45) is 0 Å². The standard InChI is InChI=1S/C21H25N5O2/c1-5-10-26-14(2)11-16(15(26)3)12-17(13-22)20(27)24-18-6-8-19(9-7-18)25-21(28)23-4/h6-9,11-12H,5,10H2,1-4H3,(H,24,27)(H2,23,25,28)/b17-12+. The van der Waals surface area contributed by atoms with Crippen LogP contribution in [-0.4, -0.2) is 23.6 Å². The summed E-state index contributed by atoms with van der Waals surface area (Å²) in [5, 5.41) is 17.2. The Morgan fingerprint density at radius 3 is 2.29 bits per heavy atom. The van der Waals surface area contributed by atoms with Crippen LogP contribution in [0, 0.1) is 25.2 Å². The summed E-state index contributed by atoms with van der Waals surface area (Å²) < 4.78 is 2.18. The molecule has 0 saturated heterocycles. The third-order valence-corrected chi connectivity index (χ3v) is 4.35. The summed E-state index contributed by atoms with van der Waals surface area (Å²) in [6.45, 7) is 7.01. The van der Waals surface area contributed by atoms with Gasteiger partial charge >= 0.3 is 6.03 Å². The lowest BCUT2D eigenvalue weighted by atomic mass is 10.1. The van der Waals surface area contributed by atoms with Gasteiger partial charge < -0.3 is 20.5 Å². The fraction of sp³-hybridized carbons (Fsp3) is 0.286. The molecule has 1 heterocycles. The predicted molar refractivity (Wildman–Crippen MR) is 111 cm³/mol. The van der Waals surface area contributed by atoms with Gasteiger partial charge in [-0.1, -0.05) is 6.92 Å². The highest BCUT2D eigenvalue weighted by Crippen LogP contribution is 2.20. The Hall–Kier alpha value is -3.53. The van der Waals surface area contributed by atoms with E-state index in [1.807, 2.05) is 26.0 Å². The molecule has 0 radical (unpaired) electrons. The average Bonchev–Trinajstić information content (AvgIpc) is 2.95. The normalized spacial score (nSPS) is 10.9. The molecule has 28 heavy (non-hydrogen) atoms. The number of rotatable bonds is 6. The first-order valence-electron chi connectivity index (χ1n) is 9.08. The Morgan fingerprint density at radius 2 is 1.75 bits per heavy atom. The monoisotopic (exact) mass is 379 g/mol. The minimum atomic E-state index is -0.477. The van der Waals surface area contributed by atoms with Crippen LogP contribution in [0.3, 0.4) is 0 Å². The molecule has 0 aliphatic carbocycles. The van der Waals surface area contributed by atoms with E-state index in [2.05, 4.69) is 27.4 Å². The van der Waals surface area contributed by atoms with Crippen molar-refractivity contribution in [3.63, 3.8) is 0 Å². The third-order valence-electron chi connectivity index (χ3n) is 4.35. The maximum absolute atomic E-state index is 12.5. The van der Waals surface area contributed by atoms with Gasteiger partial charge in [0.05, 0.1) is 0 Å². The number of urea groups is 1. The van der Waals surface area contributed by atoms with Gasteiger partial charge in [-0.15, -0.1) is 0 Å². The number of carbonyl (C=O) groups excluding carboxylic acids is 2. The number of nitrogens with one attached hydrogen (secondary N) is 3. The fourth-order valence-corrected chi connectivity index (χ4v) is 2.87. The minimum Gasteiger partial charge on any atom is -0.349 e. The smallest absolute Gasteiger partial charge is 0.318 e. The van der Waals surface area contributed by atoms with Crippen LogP contribution in [0.2, 0.25) is 0 Å². The van der Waals surface area contributed by atoms with E-state index in [9.17, 15) is 14.9 Å². The van der Waals surface area contributed by atoms with Gasteiger partial charge in [0.15, 0.2) is 0 Å². The molecule has 1 aromatic heterocycles. The second kappa shape index (κ2) is 9.42. The van der Waals surface area contributed by atoms with Crippen LogP contribution >= 0.6 is 0 Å². The second-order valence-electron chi connectivity index (χ2n) is 6.38. The molecule has 7 nitrogen and oxygen atoms in total. The van der Waals surface area contributed by atoms with E-state index in [4.69, 9.17) is 0 Å². The zero-order valence-electron chi connectivity index (χ0n) is 16.6. The maximum atomic E-state index is 12.5. The van der Waals surface area contributed by atoms with E-state index >= 15 is 0 Å². The largest absolute Gasteiger partial charge is 0.349 e. The first-order valence-corrected chi connectivity index (χ1v) is 9.08. The number of anilines is 2. The number of benzene rings is 1. The first-order chi connectivity index (χ1) is 13.4. The fourth-order valence-electron chi connectivity index (χ4n) is 2.87. The van der Waals surface area contributed by atoms with Gasteiger partial charge in [0.1, 0.15) is 11.6 Å². The average molecular weight is 379 g/mol. The van der Waals surface area contributed by atoms with Gasteiger partial charge in [0.2, 0.25) is 0 Å². The van der Waals surface area contributed by atoms with Crippen molar-refractivity contribution in [3.05, 3.63) is 52.9 Å². The Morgan fingerprint density at radius 1 is 1.14 bits per heavy atom. The molecular formula is C21H25N5O2. The number of aryl methyl sites for hydroxylation is 1. The molecule has 0 spiro atoms. The van der Waals surface area contributed by atoms with Crippen LogP contribution in [0.25, 0.3) is 6.08 Å². The van der Waals surface area contributed by atoms with E-state index < -0.39 is 5.91 Å². The Balaban J connectivity index is 2.16. The van der Waals surface area contributed by atoms with E-state index in [0.717, 1.165) is 29.9 Å². The van der Waals surface area contributed by atoms with E-state index in [-0.39, 0.29) is 11.6 Å². The Kier molecular flexibility index (Phi) is 6.99. The predicted octanol–water partition coefficient (Wildman–Crippen LogP) is 3.81. The molecule has 0 bridgehead atoms. The summed E-state index contributed by atoms with van der Waals surface area (Å²) in [4.78, 5) is 23.8. The number of hydrogen-bond donors (Lipinski definition) is 3. The molecular weight excluding hydrogens is 354 g/mol. The number of nitriles is 1. The summed E-state index contributed by atoms with van der Waals surface area (Å²) in [6, 6.07) is 10.3. The molecule has 2 aromatic rings. The van der Waals surface area contributed by atoms with Crippen molar-refractivity contribution < 1.29 is 9.59 Å². The van der Waals surface area contributed by atoms with Crippen LogP contribution in [0.15, 0.2) is 35.9 Å². The zero-order valence-corrected chi connectivity index (χ0v) is 16.6. The molecule has 3 N–H and O–H groups in total. The lowest BCUT2D eigenvalue weighted by Gasteiger charge is -2.08. The number of nitrogens with zero attached hydrogens (tertiary/aromatic N) is 2. The molecule has 0 saturated carbocycles. The van der Waals surface area contributed by atoms with Crippen molar-refractivity contribution >= 4 is 29.4 Å². The van der Waals surface area contributed by atoms with Gasteiger partial charge in [-0.3, -0.25) is 4.79 Å². The Bertz CT molecular complexity index is 933. The second-order valence-corrected chi connectivity index (χ2v) is 6.38. The third kappa shape index (κ3) is 5.01. The molecule has 1 aromatic carbocycles. The summed E-state index contributed by atoms with van der Waals surface area (Å²) in [5.41, 5.74) is 4.15. The minimum absolute atomic E-state index is 0.0318. The van der Waals surface area contributed by atoms with Crippen LogP contribution < -0.4 is 16.0 Å². The van der Waals surface area contributed by atoms with Gasteiger partial charge in [0.25, 0.3) is 5.91 Å². The van der Waals surface area contributed by atoms with Gasteiger partial charge in [0, 0.05) is 36.4 Å². The molecule has 0 aliphatic heterocycles. The number of amides is 3. The molecule has 0 unspecified atom stereocenters. The number of hydrogen-bond acceptors (Lipinski definition) is 3. The highest BCUT2D eigenvalue weighted by molar-refractivity contribution is 6.09.